The molecule has 3 heteroatoms. The van der Waals surface area contributed by atoms with Crippen LogP contribution in [0.4, 0.5) is 0 Å². The van der Waals surface area contributed by atoms with Gasteiger partial charge in [-0.25, -0.2) is 0 Å². The molecule has 1 aromatic rings. The summed E-state index contributed by atoms with van der Waals surface area (Å²) in [6.07, 6.45) is 1.18. The second-order valence-corrected chi connectivity index (χ2v) is 5.49. The van der Waals surface area contributed by atoms with Gasteiger partial charge in [-0.1, -0.05) is 23.7 Å². The van der Waals surface area contributed by atoms with E-state index in [1.165, 1.54) is 0 Å². The highest BCUT2D eigenvalue weighted by molar-refractivity contribution is 6.30. The van der Waals surface area contributed by atoms with Gasteiger partial charge in [0.15, 0.2) is 0 Å². The average molecular weight is 238 g/mol. The lowest BCUT2D eigenvalue weighted by Gasteiger charge is -2.36. The van der Waals surface area contributed by atoms with Gasteiger partial charge in [-0.2, -0.15) is 0 Å². The minimum Gasteiger partial charge on any atom is -0.304 e. The van der Waals surface area contributed by atoms with E-state index in [-0.39, 0.29) is 11.6 Å². The van der Waals surface area contributed by atoms with E-state index in [1.54, 1.807) is 0 Å². The lowest BCUT2D eigenvalue weighted by atomic mass is 9.86. The Balaban J connectivity index is 2.21. The molecule has 0 spiro atoms. The largest absolute Gasteiger partial charge is 0.304 e. The molecule has 1 aliphatic heterocycles. The van der Waals surface area contributed by atoms with E-state index in [0.29, 0.717) is 18.6 Å². The Hall–Kier alpha value is -0.860. The van der Waals surface area contributed by atoms with E-state index in [1.807, 2.05) is 24.3 Å². The van der Waals surface area contributed by atoms with Crippen molar-refractivity contribution in [2.24, 2.45) is 0 Å². The van der Waals surface area contributed by atoms with Gasteiger partial charge in [-0.05, 0) is 31.5 Å². The number of hydrogen-bond donors (Lipinski definition) is 1. The number of benzene rings is 1. The smallest absolute Gasteiger partial charge is 0.136 e. The highest BCUT2D eigenvalue weighted by atomic mass is 35.5. The van der Waals surface area contributed by atoms with Gasteiger partial charge in [0.2, 0.25) is 0 Å². The molecule has 1 atom stereocenters. The average Bonchev–Trinajstić information content (AvgIpc) is 2.15. The van der Waals surface area contributed by atoms with Gasteiger partial charge >= 0.3 is 0 Å². The molecule has 1 saturated heterocycles. The first kappa shape index (κ1) is 11.6. The summed E-state index contributed by atoms with van der Waals surface area (Å²) in [7, 11) is 0. The van der Waals surface area contributed by atoms with Crippen molar-refractivity contribution >= 4 is 17.4 Å². The summed E-state index contributed by atoms with van der Waals surface area (Å²) in [5.74, 6) is 0.323. The Morgan fingerprint density at radius 1 is 1.31 bits per heavy atom. The quantitative estimate of drug-likeness (QED) is 0.813. The van der Waals surface area contributed by atoms with E-state index in [0.717, 1.165) is 10.6 Å². The van der Waals surface area contributed by atoms with Crippen molar-refractivity contribution in [3.63, 3.8) is 0 Å². The van der Waals surface area contributed by atoms with Crippen molar-refractivity contribution in [2.75, 3.05) is 0 Å². The zero-order chi connectivity index (χ0) is 11.8. The summed E-state index contributed by atoms with van der Waals surface area (Å²) < 4.78 is 0. The predicted molar refractivity (Wildman–Crippen MR) is 65.6 cm³/mol. The molecule has 2 rings (SSSR count). The number of piperidine rings is 1. The summed E-state index contributed by atoms with van der Waals surface area (Å²) in [5, 5.41) is 4.22. The number of carbonyl (C=O) groups is 1. The molecule has 2 nitrogen and oxygen atoms in total. The van der Waals surface area contributed by atoms with Gasteiger partial charge in [0, 0.05) is 29.4 Å². The summed E-state index contributed by atoms with van der Waals surface area (Å²) in [5.41, 5.74) is 1.02. The second-order valence-electron chi connectivity index (χ2n) is 5.05. The van der Waals surface area contributed by atoms with Crippen LogP contribution in [0.15, 0.2) is 24.3 Å². The normalized spacial score (nSPS) is 24.4. The molecule has 1 fully saturated rings. The van der Waals surface area contributed by atoms with Crippen LogP contribution in [0.2, 0.25) is 5.02 Å². The molecule has 1 heterocycles. The molecular weight excluding hydrogens is 222 g/mol. The van der Waals surface area contributed by atoms with Crippen molar-refractivity contribution < 1.29 is 4.79 Å². The molecular formula is C13H16ClNO. The van der Waals surface area contributed by atoms with Gasteiger partial charge in [0.1, 0.15) is 5.78 Å². The molecule has 0 unspecified atom stereocenters. The fourth-order valence-electron chi connectivity index (χ4n) is 2.26. The maximum Gasteiger partial charge on any atom is 0.136 e. The topological polar surface area (TPSA) is 29.1 Å². The van der Waals surface area contributed by atoms with Crippen molar-refractivity contribution in [2.45, 2.75) is 38.3 Å². The first-order valence-corrected chi connectivity index (χ1v) is 5.89. The Bertz CT molecular complexity index is 397. The third-order valence-electron chi connectivity index (χ3n) is 2.91. The van der Waals surface area contributed by atoms with Gasteiger partial charge < -0.3 is 5.32 Å². The van der Waals surface area contributed by atoms with Crippen LogP contribution < -0.4 is 5.32 Å². The molecule has 1 N–H and O–H groups in total. The van der Waals surface area contributed by atoms with E-state index in [2.05, 4.69) is 19.2 Å². The monoisotopic (exact) mass is 237 g/mol. The van der Waals surface area contributed by atoms with E-state index in [4.69, 9.17) is 11.6 Å². The van der Waals surface area contributed by atoms with Crippen LogP contribution in [0.3, 0.4) is 0 Å². The van der Waals surface area contributed by atoms with Crippen LogP contribution >= 0.6 is 11.6 Å². The molecule has 0 bridgehead atoms. The summed E-state index contributed by atoms with van der Waals surface area (Å²) in [6, 6.07) is 7.81. The third-order valence-corrected chi connectivity index (χ3v) is 3.16. The van der Waals surface area contributed by atoms with Gasteiger partial charge in [0.25, 0.3) is 0 Å². The molecule has 0 amide bonds. The number of carbonyl (C=O) groups excluding carboxylic acids is 1. The fraction of sp³-hybridized carbons (Fsp3) is 0.462. The van der Waals surface area contributed by atoms with E-state index < -0.39 is 0 Å². The zero-order valence-electron chi connectivity index (χ0n) is 9.59. The lowest BCUT2D eigenvalue weighted by Crippen LogP contribution is -2.48. The number of rotatable bonds is 1. The molecule has 1 aromatic carbocycles. The van der Waals surface area contributed by atoms with Crippen LogP contribution in [-0.2, 0) is 4.79 Å². The Kier molecular flexibility index (Phi) is 3.04. The molecule has 16 heavy (non-hydrogen) atoms. The van der Waals surface area contributed by atoms with Gasteiger partial charge in [-0.3, -0.25) is 4.79 Å². The minimum absolute atomic E-state index is 0.111. The predicted octanol–water partition coefficient (Wildman–Crippen LogP) is 3.11. The second kappa shape index (κ2) is 4.19. The maximum absolute atomic E-state index is 11.7. The molecule has 0 radical (unpaired) electrons. The first-order chi connectivity index (χ1) is 7.46. The van der Waals surface area contributed by atoms with E-state index in [9.17, 15) is 4.79 Å². The molecule has 1 aliphatic rings. The highest BCUT2D eigenvalue weighted by Crippen LogP contribution is 2.29. The van der Waals surface area contributed by atoms with Crippen LogP contribution in [0.25, 0.3) is 0 Å². The SMILES string of the molecule is CC1(C)CC(=O)C[C@H](c2ccc(Cl)cc2)N1. The molecule has 0 saturated carbocycles. The number of hydrogen-bond acceptors (Lipinski definition) is 2. The third kappa shape index (κ3) is 2.63. The van der Waals surface area contributed by atoms with Crippen LogP contribution in [-0.4, -0.2) is 11.3 Å². The minimum atomic E-state index is -0.111. The van der Waals surface area contributed by atoms with Crippen molar-refractivity contribution in [1.82, 2.24) is 5.32 Å². The summed E-state index contributed by atoms with van der Waals surface area (Å²) >= 11 is 5.85. The van der Waals surface area contributed by atoms with Gasteiger partial charge in [0.05, 0.1) is 0 Å². The van der Waals surface area contributed by atoms with Crippen LogP contribution in [0.1, 0.15) is 38.3 Å². The lowest BCUT2D eigenvalue weighted by molar-refractivity contribution is -0.122. The van der Waals surface area contributed by atoms with Crippen LogP contribution in [0.5, 0.6) is 0 Å². The molecule has 0 aromatic heterocycles. The summed E-state index contributed by atoms with van der Waals surface area (Å²) in [4.78, 5) is 11.7. The Morgan fingerprint density at radius 3 is 2.50 bits per heavy atom. The standard InChI is InChI=1S/C13H16ClNO/c1-13(2)8-11(16)7-12(15-13)9-3-5-10(14)6-4-9/h3-6,12,15H,7-8H2,1-2H3/t12-/m1/s1. The van der Waals surface area contributed by atoms with E-state index >= 15 is 0 Å². The number of ketones is 1. The number of nitrogens with one attached hydrogen (secondary N) is 1. The fourth-order valence-corrected chi connectivity index (χ4v) is 2.39. The number of halogens is 1. The zero-order valence-corrected chi connectivity index (χ0v) is 10.3. The van der Waals surface area contributed by atoms with Crippen molar-refractivity contribution in [3.8, 4) is 0 Å². The van der Waals surface area contributed by atoms with Crippen molar-refractivity contribution in [3.05, 3.63) is 34.9 Å². The van der Waals surface area contributed by atoms with Gasteiger partial charge in [-0.15, -0.1) is 0 Å². The van der Waals surface area contributed by atoms with Crippen LogP contribution in [0, 0.1) is 0 Å². The Labute approximate surface area is 101 Å². The number of Topliss-reactive ketones (excluding diaryl/α,β-unsaturated/α-hetero) is 1. The summed E-state index contributed by atoms with van der Waals surface area (Å²) in [6.45, 7) is 4.12. The molecule has 0 aliphatic carbocycles. The molecule has 86 valence electrons. The maximum atomic E-state index is 11.7. The highest BCUT2D eigenvalue weighted by Gasteiger charge is 2.32. The first-order valence-electron chi connectivity index (χ1n) is 5.51. The van der Waals surface area contributed by atoms with Crippen molar-refractivity contribution in [1.29, 1.82) is 0 Å². The Morgan fingerprint density at radius 2 is 1.94 bits per heavy atom.